The van der Waals surface area contributed by atoms with Crippen molar-refractivity contribution in [1.29, 1.82) is 0 Å². The quantitative estimate of drug-likeness (QED) is 0.298. The first kappa shape index (κ1) is 26.1. The van der Waals surface area contributed by atoms with Gasteiger partial charge in [-0.1, -0.05) is 42.5 Å². The molecule has 0 aliphatic carbocycles. The Hall–Kier alpha value is -4.57. The number of halogens is 2. The Kier molecular flexibility index (Phi) is 7.64. The van der Waals surface area contributed by atoms with Crippen molar-refractivity contribution >= 4 is 34.9 Å². The maximum absolute atomic E-state index is 13.8. The molecule has 2 heterocycles. The lowest BCUT2D eigenvalue weighted by Crippen LogP contribution is -2.46. The van der Waals surface area contributed by atoms with E-state index in [0.717, 1.165) is 0 Å². The monoisotopic (exact) mass is 547 g/mol. The Labute approximate surface area is 227 Å². The molecule has 2 N–H and O–H groups in total. The first-order valence-electron chi connectivity index (χ1n) is 12.1. The molecule has 2 atom stereocenters. The number of carbonyl (C=O) groups excluding carboxylic acids is 3. The predicted octanol–water partition coefficient (Wildman–Crippen LogP) is 5.66. The molecule has 3 amide bonds. The summed E-state index contributed by atoms with van der Waals surface area (Å²) in [7, 11) is 0. The van der Waals surface area contributed by atoms with E-state index in [-0.39, 0.29) is 19.0 Å². The highest BCUT2D eigenvalue weighted by Gasteiger charge is 2.47. The number of thiophene rings is 1. The first-order chi connectivity index (χ1) is 18.9. The third-order valence-corrected chi connectivity index (χ3v) is 7.09. The number of ether oxygens (including phenoxy) is 1. The van der Waals surface area contributed by atoms with Crippen LogP contribution in [-0.2, 0) is 22.6 Å². The molecule has 1 aliphatic heterocycles. The van der Waals surface area contributed by atoms with Crippen molar-refractivity contribution in [3.63, 3.8) is 0 Å². The second-order valence-electron chi connectivity index (χ2n) is 8.90. The molecule has 4 aromatic rings. The Morgan fingerprint density at radius 2 is 1.67 bits per heavy atom. The summed E-state index contributed by atoms with van der Waals surface area (Å²) < 4.78 is 32.7. The number of cyclic esters (lactones) is 1. The van der Waals surface area contributed by atoms with Crippen LogP contribution in [-0.4, -0.2) is 28.8 Å². The number of nitrogens with one attached hydrogen (secondary N) is 2. The zero-order chi connectivity index (χ0) is 27.4. The van der Waals surface area contributed by atoms with E-state index in [0.29, 0.717) is 27.3 Å². The standard InChI is InChI=1S/C29H23F2N3O4S/c30-21-10-6-18(7-11-21)16-32-28(36)25-26(38-29(37)34(25)17-19-3-1-4-22(31)15-19)20-8-12-23(13-9-20)33-27(35)24-5-2-14-39-24/h1-15,25-26H,16-17H2,(H,32,36)(H,33,35)/t25-,26+/m0/s1. The molecular weight excluding hydrogens is 524 g/mol. The molecule has 1 saturated heterocycles. The van der Waals surface area contributed by atoms with Crippen LogP contribution in [0.25, 0.3) is 0 Å². The Morgan fingerprint density at radius 3 is 2.36 bits per heavy atom. The number of anilines is 1. The molecule has 0 spiro atoms. The summed E-state index contributed by atoms with van der Waals surface area (Å²) in [6.07, 6.45) is -1.68. The van der Waals surface area contributed by atoms with Crippen molar-refractivity contribution in [2.24, 2.45) is 0 Å². The topological polar surface area (TPSA) is 87.7 Å². The molecule has 0 radical (unpaired) electrons. The van der Waals surface area contributed by atoms with Gasteiger partial charge in [0.15, 0.2) is 12.1 Å². The number of benzene rings is 3. The highest BCUT2D eigenvalue weighted by Crippen LogP contribution is 2.34. The third-order valence-electron chi connectivity index (χ3n) is 6.22. The molecule has 1 aromatic heterocycles. The van der Waals surface area contributed by atoms with Gasteiger partial charge in [0.2, 0.25) is 5.91 Å². The van der Waals surface area contributed by atoms with E-state index >= 15 is 0 Å². The fraction of sp³-hybridized carbons (Fsp3) is 0.138. The van der Waals surface area contributed by atoms with Crippen molar-refractivity contribution < 1.29 is 27.9 Å². The van der Waals surface area contributed by atoms with E-state index in [9.17, 15) is 23.2 Å². The highest BCUT2D eigenvalue weighted by molar-refractivity contribution is 7.12. The van der Waals surface area contributed by atoms with E-state index in [1.165, 1.54) is 46.6 Å². The van der Waals surface area contributed by atoms with Crippen LogP contribution in [0.15, 0.2) is 90.3 Å². The molecule has 39 heavy (non-hydrogen) atoms. The molecule has 1 fully saturated rings. The smallest absolute Gasteiger partial charge is 0.411 e. The van der Waals surface area contributed by atoms with Gasteiger partial charge in [0.05, 0.1) is 11.4 Å². The van der Waals surface area contributed by atoms with Gasteiger partial charge in [-0.25, -0.2) is 13.6 Å². The second-order valence-corrected chi connectivity index (χ2v) is 9.85. The molecule has 1 aliphatic rings. The van der Waals surface area contributed by atoms with Gasteiger partial charge in [-0.15, -0.1) is 11.3 Å². The molecule has 10 heteroatoms. The van der Waals surface area contributed by atoms with Crippen molar-refractivity contribution in [2.45, 2.75) is 25.2 Å². The molecule has 3 aromatic carbocycles. The van der Waals surface area contributed by atoms with Crippen molar-refractivity contribution in [3.05, 3.63) is 124 Å². The molecular formula is C29H23F2N3O4S. The average Bonchev–Trinajstić information content (AvgIpc) is 3.58. The van der Waals surface area contributed by atoms with Crippen LogP contribution in [0.4, 0.5) is 19.3 Å². The van der Waals surface area contributed by atoms with E-state index < -0.39 is 35.8 Å². The van der Waals surface area contributed by atoms with Crippen LogP contribution in [0.3, 0.4) is 0 Å². The number of hydrogen-bond donors (Lipinski definition) is 2. The van der Waals surface area contributed by atoms with Crippen LogP contribution in [0.5, 0.6) is 0 Å². The van der Waals surface area contributed by atoms with Crippen molar-refractivity contribution in [1.82, 2.24) is 10.2 Å². The molecule has 0 saturated carbocycles. The molecule has 0 unspecified atom stereocenters. The van der Waals surface area contributed by atoms with E-state index in [1.807, 2.05) is 5.38 Å². The predicted molar refractivity (Wildman–Crippen MR) is 142 cm³/mol. The Balaban J connectivity index is 1.37. The summed E-state index contributed by atoms with van der Waals surface area (Å²) in [5.41, 5.74) is 2.25. The molecule has 0 bridgehead atoms. The minimum atomic E-state index is -1.06. The van der Waals surface area contributed by atoms with Crippen LogP contribution in [0.1, 0.15) is 32.5 Å². The fourth-order valence-corrected chi connectivity index (χ4v) is 4.91. The summed E-state index contributed by atoms with van der Waals surface area (Å²) in [5, 5.41) is 7.41. The summed E-state index contributed by atoms with van der Waals surface area (Å²) in [6, 6.07) is 20.6. The van der Waals surface area contributed by atoms with Gasteiger partial charge in [-0.2, -0.15) is 0 Å². The first-order valence-corrected chi connectivity index (χ1v) is 12.9. The normalized spacial score (nSPS) is 16.6. The minimum Gasteiger partial charge on any atom is -0.438 e. The van der Waals surface area contributed by atoms with E-state index in [2.05, 4.69) is 10.6 Å². The molecule has 198 valence electrons. The summed E-state index contributed by atoms with van der Waals surface area (Å²) in [6.45, 7) is 0.0642. The SMILES string of the molecule is O=C(Nc1ccc([C@H]2OC(=O)N(Cc3cccc(F)c3)[C@@H]2C(=O)NCc2ccc(F)cc2)cc1)c1cccs1. The fourth-order valence-electron chi connectivity index (χ4n) is 4.29. The minimum absolute atomic E-state index is 0.0450. The van der Waals surface area contributed by atoms with Crippen LogP contribution >= 0.6 is 11.3 Å². The van der Waals surface area contributed by atoms with Gasteiger partial charge >= 0.3 is 6.09 Å². The van der Waals surface area contributed by atoms with Crippen LogP contribution in [0, 0.1) is 11.6 Å². The largest absolute Gasteiger partial charge is 0.438 e. The second kappa shape index (κ2) is 11.4. The van der Waals surface area contributed by atoms with E-state index in [1.54, 1.807) is 54.6 Å². The van der Waals surface area contributed by atoms with Gasteiger partial charge in [0, 0.05) is 12.2 Å². The highest BCUT2D eigenvalue weighted by atomic mass is 32.1. The summed E-state index contributed by atoms with van der Waals surface area (Å²) in [4.78, 5) is 40.6. The van der Waals surface area contributed by atoms with Gasteiger partial charge < -0.3 is 15.4 Å². The number of nitrogens with zero attached hydrogens (tertiary/aromatic N) is 1. The maximum atomic E-state index is 13.8. The van der Waals surface area contributed by atoms with Gasteiger partial charge in [-0.05, 0) is 64.5 Å². The summed E-state index contributed by atoms with van der Waals surface area (Å²) >= 11 is 1.32. The zero-order valence-corrected chi connectivity index (χ0v) is 21.3. The third kappa shape index (κ3) is 6.12. The van der Waals surface area contributed by atoms with Gasteiger partial charge in [0.25, 0.3) is 5.91 Å². The average molecular weight is 548 g/mol. The number of amides is 3. The Bertz CT molecular complexity index is 1480. The number of carbonyl (C=O) groups is 3. The van der Waals surface area contributed by atoms with Gasteiger partial charge in [0.1, 0.15) is 11.6 Å². The van der Waals surface area contributed by atoms with Crippen LogP contribution in [0.2, 0.25) is 0 Å². The molecule has 5 rings (SSSR count). The lowest BCUT2D eigenvalue weighted by Gasteiger charge is -2.24. The lowest BCUT2D eigenvalue weighted by atomic mass is 10.00. The van der Waals surface area contributed by atoms with Crippen LogP contribution < -0.4 is 10.6 Å². The zero-order valence-electron chi connectivity index (χ0n) is 20.5. The maximum Gasteiger partial charge on any atom is 0.411 e. The number of rotatable bonds is 8. The molecule has 7 nitrogen and oxygen atoms in total. The summed E-state index contributed by atoms with van der Waals surface area (Å²) in [5.74, 6) is -1.59. The Morgan fingerprint density at radius 1 is 0.897 bits per heavy atom. The van der Waals surface area contributed by atoms with Gasteiger partial charge in [-0.3, -0.25) is 14.5 Å². The van der Waals surface area contributed by atoms with Crippen molar-refractivity contribution in [3.8, 4) is 0 Å². The lowest BCUT2D eigenvalue weighted by molar-refractivity contribution is -0.126. The number of hydrogen-bond acceptors (Lipinski definition) is 5. The van der Waals surface area contributed by atoms with E-state index in [4.69, 9.17) is 4.74 Å². The van der Waals surface area contributed by atoms with Crippen molar-refractivity contribution in [2.75, 3.05) is 5.32 Å².